The van der Waals surface area contributed by atoms with Crippen molar-refractivity contribution >= 4 is 12.1 Å². The molecule has 1 fully saturated rings. The third kappa shape index (κ3) is 3.92. The normalized spacial score (nSPS) is 18.9. The molecule has 1 amide bonds. The van der Waals surface area contributed by atoms with Gasteiger partial charge in [0.1, 0.15) is 5.60 Å². The predicted molar refractivity (Wildman–Crippen MR) is 58.1 cm³/mol. The summed E-state index contributed by atoms with van der Waals surface area (Å²) in [6.07, 6.45) is 1.37. The molecular formula is C11H17NO4. The minimum atomic E-state index is -0.971. The van der Waals surface area contributed by atoms with E-state index in [1.165, 1.54) is 4.90 Å². The van der Waals surface area contributed by atoms with E-state index in [0.29, 0.717) is 19.5 Å². The Bertz CT molecular complexity index is 327. The Labute approximate surface area is 94.7 Å². The van der Waals surface area contributed by atoms with Crippen molar-refractivity contribution in [1.82, 2.24) is 4.90 Å². The van der Waals surface area contributed by atoms with Gasteiger partial charge in [0.05, 0.1) is 0 Å². The Morgan fingerprint density at radius 1 is 1.44 bits per heavy atom. The maximum atomic E-state index is 11.6. The molecule has 0 unspecified atom stereocenters. The Balaban J connectivity index is 2.54. The Hall–Kier alpha value is -1.52. The van der Waals surface area contributed by atoms with Crippen LogP contribution in [0.15, 0.2) is 11.6 Å². The number of ether oxygens (including phenoxy) is 1. The fourth-order valence-corrected chi connectivity index (χ4v) is 1.46. The summed E-state index contributed by atoms with van der Waals surface area (Å²) in [6, 6.07) is 0. The van der Waals surface area contributed by atoms with Crippen molar-refractivity contribution in [1.29, 1.82) is 0 Å². The molecule has 1 rings (SSSR count). The highest BCUT2D eigenvalue weighted by Gasteiger charge is 2.26. The van der Waals surface area contributed by atoms with E-state index in [4.69, 9.17) is 9.84 Å². The third-order valence-corrected chi connectivity index (χ3v) is 2.08. The van der Waals surface area contributed by atoms with Gasteiger partial charge >= 0.3 is 12.1 Å². The van der Waals surface area contributed by atoms with Gasteiger partial charge in [-0.25, -0.2) is 9.59 Å². The van der Waals surface area contributed by atoms with Crippen LogP contribution in [0.4, 0.5) is 4.79 Å². The van der Waals surface area contributed by atoms with E-state index in [2.05, 4.69) is 0 Å². The molecule has 0 aromatic heterocycles. The number of carbonyl (C=O) groups is 2. The van der Waals surface area contributed by atoms with Gasteiger partial charge in [-0.1, -0.05) is 0 Å². The number of rotatable bonds is 1. The first-order valence-corrected chi connectivity index (χ1v) is 5.18. The molecule has 0 spiro atoms. The van der Waals surface area contributed by atoms with Crippen molar-refractivity contribution in [2.24, 2.45) is 0 Å². The van der Waals surface area contributed by atoms with Crippen LogP contribution in [-0.2, 0) is 9.53 Å². The van der Waals surface area contributed by atoms with Crippen molar-refractivity contribution in [3.63, 3.8) is 0 Å². The summed E-state index contributed by atoms with van der Waals surface area (Å²) in [7, 11) is 0. The summed E-state index contributed by atoms with van der Waals surface area (Å²) in [6.45, 7) is 6.27. The second kappa shape index (κ2) is 4.55. The lowest BCUT2D eigenvalue weighted by atomic mass is 10.2. The van der Waals surface area contributed by atoms with E-state index in [-0.39, 0.29) is 6.09 Å². The monoisotopic (exact) mass is 227 g/mol. The number of hydrogen-bond acceptors (Lipinski definition) is 3. The van der Waals surface area contributed by atoms with Gasteiger partial charge in [-0.15, -0.1) is 0 Å². The van der Waals surface area contributed by atoms with E-state index in [0.717, 1.165) is 11.6 Å². The lowest BCUT2D eigenvalue weighted by Gasteiger charge is -2.23. The zero-order valence-electron chi connectivity index (χ0n) is 9.82. The van der Waals surface area contributed by atoms with Crippen molar-refractivity contribution in [2.75, 3.05) is 13.1 Å². The van der Waals surface area contributed by atoms with Gasteiger partial charge < -0.3 is 14.7 Å². The molecule has 0 saturated carbocycles. The minimum Gasteiger partial charge on any atom is -0.478 e. The molecule has 1 saturated heterocycles. The number of carboxylic acids is 1. The molecule has 0 atom stereocenters. The van der Waals surface area contributed by atoms with Crippen molar-refractivity contribution in [3.05, 3.63) is 11.6 Å². The molecule has 0 aliphatic carbocycles. The highest BCUT2D eigenvalue weighted by atomic mass is 16.6. The lowest BCUT2D eigenvalue weighted by Crippen LogP contribution is -2.34. The fraction of sp³-hybridized carbons (Fsp3) is 0.636. The average Bonchev–Trinajstić information content (AvgIpc) is 2.48. The molecule has 0 aromatic rings. The van der Waals surface area contributed by atoms with Gasteiger partial charge in [0.15, 0.2) is 0 Å². The second-order valence-electron chi connectivity index (χ2n) is 4.79. The number of carboxylic acid groups (broad SMARTS) is 1. The second-order valence-corrected chi connectivity index (χ2v) is 4.79. The van der Waals surface area contributed by atoms with E-state index in [9.17, 15) is 9.59 Å². The molecular weight excluding hydrogens is 210 g/mol. The van der Waals surface area contributed by atoms with Crippen LogP contribution in [0.2, 0.25) is 0 Å². The number of nitrogens with zero attached hydrogens (tertiary/aromatic N) is 1. The first kappa shape index (κ1) is 12.5. The fourth-order valence-electron chi connectivity index (χ4n) is 1.46. The van der Waals surface area contributed by atoms with E-state index in [1.54, 1.807) is 20.8 Å². The van der Waals surface area contributed by atoms with Crippen LogP contribution in [0.25, 0.3) is 0 Å². The molecule has 0 radical (unpaired) electrons. The van der Waals surface area contributed by atoms with E-state index in [1.807, 2.05) is 0 Å². The van der Waals surface area contributed by atoms with Crippen molar-refractivity contribution in [3.8, 4) is 0 Å². The number of aliphatic carboxylic acids is 1. The highest BCUT2D eigenvalue weighted by Crippen LogP contribution is 2.18. The van der Waals surface area contributed by atoms with Crippen LogP contribution in [-0.4, -0.2) is 40.8 Å². The standard InChI is InChI=1S/C11H17NO4/c1-11(2,3)16-10(15)12-5-4-8(7-12)6-9(13)14/h6H,4-5,7H2,1-3H3,(H,13,14). The Morgan fingerprint density at radius 3 is 2.56 bits per heavy atom. The summed E-state index contributed by atoms with van der Waals surface area (Å²) in [5.74, 6) is -0.971. The Kier molecular flexibility index (Phi) is 3.57. The quantitative estimate of drug-likeness (QED) is 0.691. The first-order chi connectivity index (χ1) is 7.28. The number of amides is 1. The zero-order chi connectivity index (χ0) is 12.3. The topological polar surface area (TPSA) is 66.8 Å². The maximum absolute atomic E-state index is 11.6. The molecule has 90 valence electrons. The Morgan fingerprint density at radius 2 is 2.06 bits per heavy atom. The van der Waals surface area contributed by atoms with Crippen molar-refractivity contribution in [2.45, 2.75) is 32.8 Å². The number of carbonyl (C=O) groups excluding carboxylic acids is 1. The smallest absolute Gasteiger partial charge is 0.410 e. The van der Waals surface area contributed by atoms with E-state index < -0.39 is 11.6 Å². The molecule has 5 nitrogen and oxygen atoms in total. The number of hydrogen-bond donors (Lipinski definition) is 1. The average molecular weight is 227 g/mol. The van der Waals surface area contributed by atoms with Crippen LogP contribution in [0.1, 0.15) is 27.2 Å². The summed E-state index contributed by atoms with van der Waals surface area (Å²) in [5.41, 5.74) is 0.231. The SMILES string of the molecule is CC(C)(C)OC(=O)N1CCC(=CC(=O)O)C1. The molecule has 1 N–H and O–H groups in total. The molecule has 16 heavy (non-hydrogen) atoms. The van der Waals surface area contributed by atoms with Gasteiger partial charge in [0.2, 0.25) is 0 Å². The highest BCUT2D eigenvalue weighted by molar-refractivity contribution is 5.81. The summed E-state index contributed by atoms with van der Waals surface area (Å²) in [4.78, 5) is 23.6. The molecule has 5 heteroatoms. The zero-order valence-corrected chi connectivity index (χ0v) is 9.82. The molecule has 1 aliphatic rings. The van der Waals surface area contributed by atoms with Gasteiger partial charge in [-0.3, -0.25) is 0 Å². The van der Waals surface area contributed by atoms with Crippen LogP contribution in [0.3, 0.4) is 0 Å². The van der Waals surface area contributed by atoms with Gasteiger partial charge in [-0.05, 0) is 32.8 Å². The summed E-state index contributed by atoms with van der Waals surface area (Å²) >= 11 is 0. The lowest BCUT2D eigenvalue weighted by molar-refractivity contribution is -0.131. The van der Waals surface area contributed by atoms with Crippen LogP contribution in [0.5, 0.6) is 0 Å². The minimum absolute atomic E-state index is 0.348. The molecule has 1 heterocycles. The van der Waals surface area contributed by atoms with Crippen molar-refractivity contribution < 1.29 is 19.4 Å². The van der Waals surface area contributed by atoms with Crippen LogP contribution < -0.4 is 0 Å². The summed E-state index contributed by atoms with van der Waals surface area (Å²) in [5, 5.41) is 8.57. The number of likely N-dealkylation sites (tertiary alicyclic amines) is 1. The first-order valence-electron chi connectivity index (χ1n) is 5.18. The van der Waals surface area contributed by atoms with Crippen LogP contribution >= 0.6 is 0 Å². The maximum Gasteiger partial charge on any atom is 0.410 e. The van der Waals surface area contributed by atoms with Gasteiger partial charge in [0.25, 0.3) is 0 Å². The predicted octanol–water partition coefficient (Wildman–Crippen LogP) is 1.64. The van der Waals surface area contributed by atoms with Gasteiger partial charge in [-0.2, -0.15) is 0 Å². The summed E-state index contributed by atoms with van der Waals surface area (Å²) < 4.78 is 5.19. The molecule has 0 bridgehead atoms. The van der Waals surface area contributed by atoms with E-state index >= 15 is 0 Å². The van der Waals surface area contributed by atoms with Crippen LogP contribution in [0, 0.1) is 0 Å². The molecule has 1 aliphatic heterocycles. The molecule has 0 aromatic carbocycles. The largest absolute Gasteiger partial charge is 0.478 e. The van der Waals surface area contributed by atoms with Gasteiger partial charge in [0, 0.05) is 19.2 Å². The third-order valence-electron chi connectivity index (χ3n) is 2.08.